The van der Waals surface area contributed by atoms with Gasteiger partial charge in [-0.2, -0.15) is 0 Å². The third-order valence-electron chi connectivity index (χ3n) is 2.97. The van der Waals surface area contributed by atoms with Crippen LogP contribution >= 0.6 is 0 Å². The summed E-state index contributed by atoms with van der Waals surface area (Å²) in [6.07, 6.45) is 8.84. The van der Waals surface area contributed by atoms with E-state index < -0.39 is 18.2 Å². The van der Waals surface area contributed by atoms with Gasteiger partial charge in [0.05, 0.1) is 0 Å². The summed E-state index contributed by atoms with van der Waals surface area (Å²) in [7, 11) is 0. The van der Waals surface area contributed by atoms with Crippen LogP contribution in [0.2, 0.25) is 0 Å². The van der Waals surface area contributed by atoms with E-state index in [-0.39, 0.29) is 0 Å². The quantitative estimate of drug-likeness (QED) is 0.262. The normalized spacial score (nSPS) is 11.6. The van der Waals surface area contributed by atoms with Gasteiger partial charge in [0.25, 0.3) is 6.29 Å². The standard InChI is InChI=1S/C16H28O4/c1-5-7-8-9-10-11-12-15(6-2)16(19-13(3)17)20-14(4)18/h12,16H,5-11H2,1-4H3. The summed E-state index contributed by atoms with van der Waals surface area (Å²) < 4.78 is 10.1. The molecule has 0 aromatic carbocycles. The topological polar surface area (TPSA) is 52.6 Å². The molecule has 0 aliphatic rings. The average Bonchev–Trinajstić information content (AvgIpc) is 2.36. The molecule has 0 radical (unpaired) electrons. The predicted octanol–water partition coefficient (Wildman–Crippen LogP) is 4.14. The zero-order chi connectivity index (χ0) is 15.4. The first-order chi connectivity index (χ1) is 9.51. The zero-order valence-electron chi connectivity index (χ0n) is 13.2. The van der Waals surface area contributed by atoms with E-state index in [0.29, 0.717) is 6.42 Å². The highest BCUT2D eigenvalue weighted by Gasteiger charge is 2.18. The highest BCUT2D eigenvalue weighted by molar-refractivity contribution is 5.68. The SMILES string of the molecule is CCCCCCCC=C(CC)C(OC(C)=O)OC(C)=O. The van der Waals surface area contributed by atoms with Gasteiger partial charge < -0.3 is 9.47 Å². The first-order valence-electron chi connectivity index (χ1n) is 7.54. The van der Waals surface area contributed by atoms with Gasteiger partial charge in [-0.3, -0.25) is 9.59 Å². The van der Waals surface area contributed by atoms with Gasteiger partial charge in [0.2, 0.25) is 0 Å². The zero-order valence-corrected chi connectivity index (χ0v) is 13.2. The van der Waals surface area contributed by atoms with Crippen molar-refractivity contribution in [1.82, 2.24) is 0 Å². The van der Waals surface area contributed by atoms with Crippen LogP contribution in [0.25, 0.3) is 0 Å². The third-order valence-corrected chi connectivity index (χ3v) is 2.97. The molecule has 0 aliphatic heterocycles. The van der Waals surface area contributed by atoms with E-state index in [2.05, 4.69) is 6.92 Å². The summed E-state index contributed by atoms with van der Waals surface area (Å²) in [6, 6.07) is 0. The molecule has 0 amide bonds. The van der Waals surface area contributed by atoms with E-state index in [1.807, 2.05) is 13.0 Å². The molecule has 0 fully saturated rings. The summed E-state index contributed by atoms with van der Waals surface area (Å²) in [6.45, 7) is 6.78. The molecule has 0 aromatic heterocycles. The summed E-state index contributed by atoms with van der Waals surface area (Å²) >= 11 is 0. The lowest BCUT2D eigenvalue weighted by Gasteiger charge is -2.19. The molecule has 0 saturated carbocycles. The fraction of sp³-hybridized carbons (Fsp3) is 0.750. The Morgan fingerprint density at radius 1 is 0.950 bits per heavy atom. The number of esters is 2. The highest BCUT2D eigenvalue weighted by Crippen LogP contribution is 2.16. The lowest BCUT2D eigenvalue weighted by Crippen LogP contribution is -2.24. The van der Waals surface area contributed by atoms with Crippen LogP contribution in [-0.4, -0.2) is 18.2 Å². The van der Waals surface area contributed by atoms with Crippen molar-refractivity contribution in [2.24, 2.45) is 0 Å². The number of unbranched alkanes of at least 4 members (excludes halogenated alkanes) is 5. The minimum atomic E-state index is -0.870. The average molecular weight is 284 g/mol. The number of hydrogen-bond acceptors (Lipinski definition) is 4. The van der Waals surface area contributed by atoms with Crippen molar-refractivity contribution in [3.63, 3.8) is 0 Å². The van der Waals surface area contributed by atoms with Crippen molar-refractivity contribution in [3.05, 3.63) is 11.6 Å². The maximum Gasteiger partial charge on any atom is 0.305 e. The van der Waals surface area contributed by atoms with Crippen LogP contribution in [0.1, 0.15) is 72.6 Å². The Labute approximate surface area is 122 Å². The van der Waals surface area contributed by atoms with E-state index in [0.717, 1.165) is 18.4 Å². The first kappa shape index (κ1) is 18.7. The van der Waals surface area contributed by atoms with Crippen LogP contribution in [0.5, 0.6) is 0 Å². The van der Waals surface area contributed by atoms with E-state index >= 15 is 0 Å². The van der Waals surface area contributed by atoms with Gasteiger partial charge in [-0.15, -0.1) is 0 Å². The fourth-order valence-corrected chi connectivity index (χ4v) is 1.92. The van der Waals surface area contributed by atoms with Crippen LogP contribution in [0, 0.1) is 0 Å². The third kappa shape index (κ3) is 9.59. The predicted molar refractivity (Wildman–Crippen MR) is 79.1 cm³/mol. The van der Waals surface area contributed by atoms with Gasteiger partial charge >= 0.3 is 11.9 Å². The molecule has 0 bridgehead atoms. The van der Waals surface area contributed by atoms with Crippen LogP contribution in [0.15, 0.2) is 11.6 Å². The molecule has 116 valence electrons. The molecule has 0 N–H and O–H groups in total. The Balaban J connectivity index is 4.39. The molecule has 0 rings (SSSR count). The van der Waals surface area contributed by atoms with E-state index in [1.165, 1.54) is 39.5 Å². The second kappa shape index (κ2) is 11.5. The Hall–Kier alpha value is -1.32. The molecule has 0 atom stereocenters. The molecule has 4 heteroatoms. The highest BCUT2D eigenvalue weighted by atomic mass is 16.7. The monoisotopic (exact) mass is 284 g/mol. The van der Waals surface area contributed by atoms with Crippen LogP contribution in [0.4, 0.5) is 0 Å². The fourth-order valence-electron chi connectivity index (χ4n) is 1.92. The number of carbonyl (C=O) groups is 2. The van der Waals surface area contributed by atoms with Crippen LogP contribution in [-0.2, 0) is 19.1 Å². The van der Waals surface area contributed by atoms with Crippen molar-refractivity contribution in [2.75, 3.05) is 0 Å². The molecule has 0 spiro atoms. The smallest absolute Gasteiger partial charge is 0.305 e. The lowest BCUT2D eigenvalue weighted by molar-refractivity contribution is -0.178. The maximum atomic E-state index is 11.1. The number of hydrogen-bond donors (Lipinski definition) is 0. The number of rotatable bonds is 10. The van der Waals surface area contributed by atoms with Gasteiger partial charge in [0.1, 0.15) is 0 Å². The first-order valence-corrected chi connectivity index (χ1v) is 7.54. The van der Waals surface area contributed by atoms with E-state index in [9.17, 15) is 9.59 Å². The maximum absolute atomic E-state index is 11.1. The minimum absolute atomic E-state index is 0.446. The number of allylic oxidation sites excluding steroid dienone is 1. The van der Waals surface area contributed by atoms with Gasteiger partial charge in [-0.05, 0) is 19.3 Å². The Kier molecular flexibility index (Phi) is 10.7. The molecule has 20 heavy (non-hydrogen) atoms. The molecule has 0 unspecified atom stereocenters. The van der Waals surface area contributed by atoms with Crippen molar-refractivity contribution in [2.45, 2.75) is 78.9 Å². The van der Waals surface area contributed by atoms with E-state index in [4.69, 9.17) is 9.47 Å². The molecular weight excluding hydrogens is 256 g/mol. The minimum Gasteiger partial charge on any atom is -0.421 e. The van der Waals surface area contributed by atoms with Crippen molar-refractivity contribution >= 4 is 11.9 Å². The van der Waals surface area contributed by atoms with Crippen LogP contribution < -0.4 is 0 Å². The van der Waals surface area contributed by atoms with Gasteiger partial charge in [0, 0.05) is 19.4 Å². The summed E-state index contributed by atoms with van der Waals surface area (Å²) in [5, 5.41) is 0. The Bertz CT molecular complexity index is 304. The molecule has 0 heterocycles. The largest absolute Gasteiger partial charge is 0.421 e. The number of carbonyl (C=O) groups excluding carboxylic acids is 2. The lowest BCUT2D eigenvalue weighted by atomic mass is 10.1. The molecule has 4 nitrogen and oxygen atoms in total. The second-order valence-electron chi connectivity index (χ2n) is 4.89. The number of ether oxygens (including phenoxy) is 2. The second-order valence-corrected chi connectivity index (χ2v) is 4.89. The van der Waals surface area contributed by atoms with Crippen molar-refractivity contribution in [3.8, 4) is 0 Å². The van der Waals surface area contributed by atoms with Crippen LogP contribution in [0.3, 0.4) is 0 Å². The summed E-state index contributed by atoms with van der Waals surface area (Å²) in [5.74, 6) is -0.892. The van der Waals surface area contributed by atoms with Gasteiger partial charge in [-0.25, -0.2) is 0 Å². The molecular formula is C16H28O4. The molecule has 0 aliphatic carbocycles. The van der Waals surface area contributed by atoms with Gasteiger partial charge in [0.15, 0.2) is 0 Å². The Morgan fingerprint density at radius 3 is 1.95 bits per heavy atom. The summed E-state index contributed by atoms with van der Waals surface area (Å²) in [4.78, 5) is 22.1. The Morgan fingerprint density at radius 2 is 1.50 bits per heavy atom. The van der Waals surface area contributed by atoms with E-state index in [1.54, 1.807) is 0 Å². The van der Waals surface area contributed by atoms with Gasteiger partial charge in [-0.1, -0.05) is 45.6 Å². The summed E-state index contributed by atoms with van der Waals surface area (Å²) in [5.41, 5.74) is 0.853. The molecule has 0 aromatic rings. The molecule has 0 saturated heterocycles. The van der Waals surface area contributed by atoms with Crippen molar-refractivity contribution < 1.29 is 19.1 Å². The van der Waals surface area contributed by atoms with Crippen molar-refractivity contribution in [1.29, 1.82) is 0 Å².